The van der Waals surface area contributed by atoms with E-state index in [1.165, 1.54) is 24.6 Å². The van der Waals surface area contributed by atoms with Crippen molar-refractivity contribution in [1.82, 2.24) is 0 Å². The standard InChI is InChI=1S/C17H19NO5S/c1-12-11-18(14-6-4-5-7-15(14)23-12)24(19,20)17-10-13(21-2)8-9-16(17)22-3/h4-10,12H,11H2,1-3H3. The summed E-state index contributed by atoms with van der Waals surface area (Å²) in [5.41, 5.74) is 0.514. The molecule has 24 heavy (non-hydrogen) atoms. The van der Waals surface area contributed by atoms with Gasteiger partial charge in [0.15, 0.2) is 0 Å². The van der Waals surface area contributed by atoms with Gasteiger partial charge in [-0.1, -0.05) is 12.1 Å². The Morgan fingerprint density at radius 1 is 1.12 bits per heavy atom. The molecule has 0 saturated heterocycles. The van der Waals surface area contributed by atoms with E-state index in [2.05, 4.69) is 0 Å². The molecule has 0 spiro atoms. The molecule has 0 fully saturated rings. The first-order valence-electron chi connectivity index (χ1n) is 7.48. The molecule has 0 aliphatic carbocycles. The third-order valence-corrected chi connectivity index (χ3v) is 5.62. The van der Waals surface area contributed by atoms with Crippen LogP contribution in [0.5, 0.6) is 17.2 Å². The van der Waals surface area contributed by atoms with Crippen LogP contribution >= 0.6 is 0 Å². The van der Waals surface area contributed by atoms with Gasteiger partial charge in [-0.25, -0.2) is 8.42 Å². The molecule has 1 heterocycles. The van der Waals surface area contributed by atoms with Gasteiger partial charge in [-0.15, -0.1) is 0 Å². The largest absolute Gasteiger partial charge is 0.497 e. The second-order valence-corrected chi connectivity index (χ2v) is 7.28. The Labute approximate surface area is 141 Å². The van der Waals surface area contributed by atoms with E-state index in [0.717, 1.165) is 0 Å². The minimum absolute atomic E-state index is 0.0632. The molecule has 1 unspecified atom stereocenters. The molecule has 6 nitrogen and oxygen atoms in total. The molecule has 3 rings (SSSR count). The fourth-order valence-electron chi connectivity index (χ4n) is 2.68. The molecule has 1 aliphatic rings. The highest BCUT2D eigenvalue weighted by Gasteiger charge is 2.34. The van der Waals surface area contributed by atoms with Crippen LogP contribution in [-0.2, 0) is 10.0 Å². The lowest BCUT2D eigenvalue weighted by Crippen LogP contribution is -2.42. The van der Waals surface area contributed by atoms with E-state index in [9.17, 15) is 8.42 Å². The Morgan fingerprint density at radius 2 is 1.88 bits per heavy atom. The lowest BCUT2D eigenvalue weighted by atomic mass is 10.2. The average Bonchev–Trinajstić information content (AvgIpc) is 2.60. The maximum Gasteiger partial charge on any atom is 0.268 e. The highest BCUT2D eigenvalue weighted by molar-refractivity contribution is 7.93. The topological polar surface area (TPSA) is 65.1 Å². The number of benzene rings is 2. The first-order chi connectivity index (χ1) is 11.5. The predicted molar refractivity (Wildman–Crippen MR) is 90.6 cm³/mol. The van der Waals surface area contributed by atoms with E-state index in [1.807, 2.05) is 13.0 Å². The van der Waals surface area contributed by atoms with Gasteiger partial charge in [0.1, 0.15) is 28.2 Å². The number of rotatable bonds is 4. The number of hydrogen-bond donors (Lipinski definition) is 0. The fraction of sp³-hybridized carbons (Fsp3) is 0.294. The molecule has 0 radical (unpaired) electrons. The molecule has 0 saturated carbocycles. The number of anilines is 1. The summed E-state index contributed by atoms with van der Waals surface area (Å²) in [4.78, 5) is 0.0632. The second kappa shape index (κ2) is 6.24. The molecular weight excluding hydrogens is 330 g/mol. The summed E-state index contributed by atoms with van der Waals surface area (Å²) in [6, 6.07) is 11.8. The molecule has 1 atom stereocenters. The fourth-order valence-corrected chi connectivity index (χ4v) is 4.40. The van der Waals surface area contributed by atoms with Gasteiger partial charge in [0.05, 0.1) is 26.5 Å². The lowest BCUT2D eigenvalue weighted by Gasteiger charge is -2.34. The van der Waals surface area contributed by atoms with Crippen LogP contribution in [-0.4, -0.2) is 35.3 Å². The van der Waals surface area contributed by atoms with Crippen LogP contribution < -0.4 is 18.5 Å². The summed E-state index contributed by atoms with van der Waals surface area (Å²) in [7, 11) is -0.904. The van der Waals surface area contributed by atoms with Crippen LogP contribution in [0.3, 0.4) is 0 Å². The van der Waals surface area contributed by atoms with Gasteiger partial charge in [0.25, 0.3) is 10.0 Å². The molecule has 128 valence electrons. The van der Waals surface area contributed by atoms with Crippen LogP contribution in [0.1, 0.15) is 6.92 Å². The normalized spacial score (nSPS) is 17.0. The summed E-state index contributed by atoms with van der Waals surface area (Å²) in [5.74, 6) is 1.26. The highest BCUT2D eigenvalue weighted by atomic mass is 32.2. The third kappa shape index (κ3) is 2.75. The second-order valence-electron chi connectivity index (χ2n) is 5.45. The van der Waals surface area contributed by atoms with E-state index >= 15 is 0 Å². The molecule has 7 heteroatoms. The summed E-state index contributed by atoms with van der Waals surface area (Å²) < 4.78 is 44.1. The van der Waals surface area contributed by atoms with Crippen molar-refractivity contribution < 1.29 is 22.6 Å². The van der Waals surface area contributed by atoms with E-state index in [-0.39, 0.29) is 23.3 Å². The van der Waals surface area contributed by atoms with Crippen molar-refractivity contribution in [2.75, 3.05) is 25.1 Å². The molecule has 1 aliphatic heterocycles. The van der Waals surface area contributed by atoms with Gasteiger partial charge in [0.2, 0.25) is 0 Å². The zero-order chi connectivity index (χ0) is 17.3. The highest BCUT2D eigenvalue weighted by Crippen LogP contribution is 2.39. The molecule has 0 aromatic heterocycles. The van der Waals surface area contributed by atoms with Crippen LogP contribution in [0, 0.1) is 0 Å². The number of ether oxygens (including phenoxy) is 3. The maximum atomic E-state index is 13.3. The molecule has 2 aromatic carbocycles. The summed E-state index contributed by atoms with van der Waals surface area (Å²) in [5, 5.41) is 0. The monoisotopic (exact) mass is 349 g/mol. The minimum Gasteiger partial charge on any atom is -0.497 e. The summed E-state index contributed by atoms with van der Waals surface area (Å²) in [6.45, 7) is 2.06. The van der Waals surface area contributed by atoms with Crippen molar-refractivity contribution in [1.29, 1.82) is 0 Å². The molecule has 0 N–H and O–H groups in total. The lowest BCUT2D eigenvalue weighted by molar-refractivity contribution is 0.219. The zero-order valence-electron chi connectivity index (χ0n) is 13.7. The van der Waals surface area contributed by atoms with Gasteiger partial charge >= 0.3 is 0 Å². The Balaban J connectivity index is 2.15. The van der Waals surface area contributed by atoms with Crippen molar-refractivity contribution >= 4 is 15.7 Å². The Hall–Kier alpha value is -2.41. The van der Waals surface area contributed by atoms with Crippen molar-refractivity contribution in [3.63, 3.8) is 0 Å². The summed E-state index contributed by atoms with van der Waals surface area (Å²) >= 11 is 0. The third-order valence-electron chi connectivity index (χ3n) is 3.82. The molecule has 2 aromatic rings. The number of sulfonamides is 1. The maximum absolute atomic E-state index is 13.3. The minimum atomic E-state index is -3.84. The first kappa shape index (κ1) is 16.4. The van der Waals surface area contributed by atoms with E-state index < -0.39 is 10.0 Å². The quantitative estimate of drug-likeness (QED) is 0.849. The van der Waals surface area contributed by atoms with E-state index in [0.29, 0.717) is 17.2 Å². The Morgan fingerprint density at radius 3 is 2.58 bits per heavy atom. The number of para-hydroxylation sites is 2. The van der Waals surface area contributed by atoms with Gasteiger partial charge in [0, 0.05) is 6.07 Å². The smallest absolute Gasteiger partial charge is 0.268 e. The van der Waals surface area contributed by atoms with Crippen LogP contribution in [0.2, 0.25) is 0 Å². The van der Waals surface area contributed by atoms with Crippen molar-refractivity contribution in [3.05, 3.63) is 42.5 Å². The van der Waals surface area contributed by atoms with Gasteiger partial charge in [-0.05, 0) is 31.2 Å². The number of methoxy groups -OCH3 is 2. The van der Waals surface area contributed by atoms with E-state index in [4.69, 9.17) is 14.2 Å². The van der Waals surface area contributed by atoms with Crippen LogP contribution in [0.4, 0.5) is 5.69 Å². The summed E-state index contributed by atoms with van der Waals surface area (Å²) in [6.07, 6.45) is -0.258. The van der Waals surface area contributed by atoms with Crippen molar-refractivity contribution in [2.24, 2.45) is 0 Å². The van der Waals surface area contributed by atoms with Crippen LogP contribution in [0.25, 0.3) is 0 Å². The first-order valence-corrected chi connectivity index (χ1v) is 8.92. The molecule has 0 amide bonds. The SMILES string of the molecule is COc1ccc(OC)c(S(=O)(=O)N2CC(C)Oc3ccccc32)c1. The van der Waals surface area contributed by atoms with Gasteiger partial charge < -0.3 is 14.2 Å². The predicted octanol–water partition coefficient (Wildman–Crippen LogP) is 2.68. The van der Waals surface area contributed by atoms with E-state index in [1.54, 1.807) is 30.3 Å². The Kier molecular flexibility index (Phi) is 4.28. The zero-order valence-corrected chi connectivity index (χ0v) is 14.5. The van der Waals surface area contributed by atoms with Gasteiger partial charge in [-0.3, -0.25) is 4.31 Å². The average molecular weight is 349 g/mol. The number of nitrogens with zero attached hydrogens (tertiary/aromatic N) is 1. The van der Waals surface area contributed by atoms with Crippen LogP contribution in [0.15, 0.2) is 47.4 Å². The van der Waals surface area contributed by atoms with Gasteiger partial charge in [-0.2, -0.15) is 0 Å². The van der Waals surface area contributed by atoms with Crippen molar-refractivity contribution in [2.45, 2.75) is 17.9 Å². The Bertz CT molecular complexity index is 850. The number of fused-ring (bicyclic) bond motifs is 1. The molecule has 0 bridgehead atoms. The number of hydrogen-bond acceptors (Lipinski definition) is 5. The molecular formula is C17H19NO5S. The van der Waals surface area contributed by atoms with Crippen molar-refractivity contribution in [3.8, 4) is 17.2 Å².